The molecule has 0 spiro atoms. The van der Waals surface area contributed by atoms with Crippen LogP contribution in [0.2, 0.25) is 0 Å². The molecular formula is C29H28O9. The van der Waals surface area contributed by atoms with Crippen LogP contribution in [-0.4, -0.2) is 28.5 Å². The van der Waals surface area contributed by atoms with E-state index >= 15 is 0 Å². The number of aromatic hydroxyl groups is 1. The number of hydrogen-bond donors (Lipinski definition) is 3. The first kappa shape index (κ1) is 26.7. The molecule has 38 heavy (non-hydrogen) atoms. The molecule has 4 rings (SSSR count). The van der Waals surface area contributed by atoms with Gasteiger partial charge in [0.15, 0.2) is 22.7 Å². The van der Waals surface area contributed by atoms with Crippen LogP contribution < -0.4 is 20.7 Å². The van der Waals surface area contributed by atoms with Crippen LogP contribution in [-0.2, 0) is 6.42 Å². The third-order valence-electron chi connectivity index (χ3n) is 6.03. The van der Waals surface area contributed by atoms with E-state index in [1.54, 1.807) is 19.1 Å². The standard InChI is InChI=1S/C29H28O9/c1-14(2)6-7-16-12-17-8-10-20(30)36-25(17)28(23(16)33)38-29-26-18(9-11-21(31)37-26)13-19(27(29)35-5)24(34)22(32)15(3)4/h6,8-13,22,24,32-34H,3,7H2,1-2,4-5H3. The van der Waals surface area contributed by atoms with Gasteiger partial charge >= 0.3 is 11.3 Å². The van der Waals surface area contributed by atoms with Gasteiger partial charge in [0.05, 0.1) is 7.11 Å². The van der Waals surface area contributed by atoms with Gasteiger partial charge in [0, 0.05) is 34.0 Å². The minimum Gasteiger partial charge on any atom is -0.504 e. The lowest BCUT2D eigenvalue weighted by molar-refractivity contribution is 0.0398. The van der Waals surface area contributed by atoms with Gasteiger partial charge in [-0.15, -0.1) is 0 Å². The zero-order chi connectivity index (χ0) is 27.7. The molecule has 9 heteroatoms. The highest BCUT2D eigenvalue weighted by molar-refractivity contribution is 5.90. The average molecular weight is 521 g/mol. The molecule has 0 radical (unpaired) electrons. The molecule has 9 nitrogen and oxygen atoms in total. The van der Waals surface area contributed by atoms with E-state index in [-0.39, 0.29) is 39.7 Å². The minimum absolute atomic E-state index is 0.0441. The fourth-order valence-corrected chi connectivity index (χ4v) is 4.04. The van der Waals surface area contributed by atoms with E-state index in [2.05, 4.69) is 6.58 Å². The largest absolute Gasteiger partial charge is 0.504 e. The van der Waals surface area contributed by atoms with Crippen molar-refractivity contribution in [1.82, 2.24) is 0 Å². The second kappa shape index (κ2) is 10.6. The molecule has 0 bridgehead atoms. The molecule has 0 aliphatic heterocycles. The van der Waals surface area contributed by atoms with Gasteiger partial charge in [-0.25, -0.2) is 9.59 Å². The maximum absolute atomic E-state index is 12.2. The number of ether oxygens (including phenoxy) is 2. The summed E-state index contributed by atoms with van der Waals surface area (Å²) < 4.78 is 22.6. The molecular weight excluding hydrogens is 492 g/mol. The zero-order valence-electron chi connectivity index (χ0n) is 21.4. The molecule has 0 amide bonds. The van der Waals surface area contributed by atoms with Gasteiger partial charge in [0.2, 0.25) is 11.5 Å². The Hall–Kier alpha value is -4.34. The second-order valence-electron chi connectivity index (χ2n) is 9.21. The molecule has 0 fully saturated rings. The lowest BCUT2D eigenvalue weighted by Crippen LogP contribution is -2.20. The number of aliphatic hydroxyl groups is 2. The third kappa shape index (κ3) is 5.06. The minimum atomic E-state index is -1.48. The van der Waals surface area contributed by atoms with Gasteiger partial charge in [-0.3, -0.25) is 0 Å². The summed E-state index contributed by atoms with van der Waals surface area (Å²) in [6.45, 7) is 9.09. The Morgan fingerprint density at radius 2 is 1.53 bits per heavy atom. The normalized spacial score (nSPS) is 12.8. The van der Waals surface area contributed by atoms with Crippen molar-refractivity contribution in [3.05, 3.63) is 92.2 Å². The maximum atomic E-state index is 12.2. The van der Waals surface area contributed by atoms with E-state index in [0.717, 1.165) is 5.57 Å². The van der Waals surface area contributed by atoms with Crippen molar-refractivity contribution in [2.45, 2.75) is 39.4 Å². The number of aliphatic hydroxyl groups excluding tert-OH is 2. The Morgan fingerprint density at radius 1 is 0.947 bits per heavy atom. The van der Waals surface area contributed by atoms with Crippen molar-refractivity contribution in [1.29, 1.82) is 0 Å². The lowest BCUT2D eigenvalue weighted by atomic mass is 9.97. The summed E-state index contributed by atoms with van der Waals surface area (Å²) in [5.41, 5.74) is 0.491. The Morgan fingerprint density at radius 3 is 2.08 bits per heavy atom. The van der Waals surface area contributed by atoms with E-state index in [4.69, 9.17) is 18.3 Å². The van der Waals surface area contributed by atoms with Crippen LogP contribution in [0.1, 0.15) is 38.0 Å². The highest BCUT2D eigenvalue weighted by atomic mass is 16.5. The summed E-state index contributed by atoms with van der Waals surface area (Å²) in [7, 11) is 1.31. The van der Waals surface area contributed by atoms with E-state index < -0.39 is 23.5 Å². The molecule has 2 atom stereocenters. The molecule has 4 aromatic rings. The van der Waals surface area contributed by atoms with Crippen LogP contribution in [0.5, 0.6) is 23.0 Å². The van der Waals surface area contributed by atoms with Crippen LogP contribution in [0.3, 0.4) is 0 Å². The van der Waals surface area contributed by atoms with E-state index in [1.165, 1.54) is 31.4 Å². The number of phenols is 1. The molecule has 0 aliphatic rings. The molecule has 2 aromatic heterocycles. The molecule has 2 aromatic carbocycles. The van der Waals surface area contributed by atoms with Gasteiger partial charge in [-0.1, -0.05) is 18.2 Å². The first-order valence-electron chi connectivity index (χ1n) is 11.8. The highest BCUT2D eigenvalue weighted by Crippen LogP contribution is 2.48. The van der Waals surface area contributed by atoms with Crippen LogP contribution in [0.15, 0.2) is 78.6 Å². The smallest absolute Gasteiger partial charge is 0.336 e. The molecule has 0 saturated heterocycles. The molecule has 2 heterocycles. The highest BCUT2D eigenvalue weighted by Gasteiger charge is 2.29. The predicted molar refractivity (Wildman–Crippen MR) is 142 cm³/mol. The van der Waals surface area contributed by atoms with Crippen molar-refractivity contribution < 1.29 is 33.6 Å². The van der Waals surface area contributed by atoms with Gasteiger partial charge in [-0.05, 0) is 57.0 Å². The van der Waals surface area contributed by atoms with Crippen LogP contribution >= 0.6 is 0 Å². The van der Waals surface area contributed by atoms with Gasteiger partial charge < -0.3 is 33.6 Å². The molecule has 0 aliphatic carbocycles. The number of phenolic OH excluding ortho intramolecular Hbond substituents is 1. The summed E-state index contributed by atoms with van der Waals surface area (Å²) in [5.74, 6) is -0.755. The number of methoxy groups -OCH3 is 1. The average Bonchev–Trinajstić information content (AvgIpc) is 2.88. The van der Waals surface area contributed by atoms with E-state index in [0.29, 0.717) is 28.3 Å². The molecule has 3 N–H and O–H groups in total. The van der Waals surface area contributed by atoms with Crippen molar-refractivity contribution in [2.24, 2.45) is 0 Å². The quantitative estimate of drug-likeness (QED) is 0.219. The van der Waals surface area contributed by atoms with Crippen molar-refractivity contribution in [3.63, 3.8) is 0 Å². The summed E-state index contributed by atoms with van der Waals surface area (Å²) in [4.78, 5) is 24.2. The van der Waals surface area contributed by atoms with Crippen LogP contribution in [0.4, 0.5) is 0 Å². The van der Waals surface area contributed by atoms with Crippen molar-refractivity contribution >= 4 is 21.9 Å². The topological polar surface area (TPSA) is 140 Å². The number of benzene rings is 2. The Labute approximate surface area is 217 Å². The van der Waals surface area contributed by atoms with Crippen LogP contribution in [0.25, 0.3) is 21.9 Å². The van der Waals surface area contributed by atoms with E-state index in [9.17, 15) is 24.9 Å². The number of hydrogen-bond acceptors (Lipinski definition) is 9. The van der Waals surface area contributed by atoms with E-state index in [1.807, 2.05) is 19.9 Å². The number of rotatable bonds is 8. The number of fused-ring (bicyclic) bond motifs is 2. The van der Waals surface area contributed by atoms with Crippen molar-refractivity contribution in [3.8, 4) is 23.0 Å². The lowest BCUT2D eigenvalue weighted by Gasteiger charge is -2.23. The molecule has 198 valence electrons. The van der Waals surface area contributed by atoms with Crippen LogP contribution in [0, 0.1) is 0 Å². The second-order valence-corrected chi connectivity index (χ2v) is 9.21. The van der Waals surface area contributed by atoms with Gasteiger partial charge in [-0.2, -0.15) is 0 Å². The first-order chi connectivity index (χ1) is 18.0. The molecule has 2 unspecified atom stereocenters. The Kier molecular flexibility index (Phi) is 7.43. The maximum Gasteiger partial charge on any atom is 0.336 e. The third-order valence-corrected chi connectivity index (χ3v) is 6.03. The summed E-state index contributed by atoms with van der Waals surface area (Å²) >= 11 is 0. The summed E-state index contributed by atoms with van der Waals surface area (Å²) in [6, 6.07) is 8.61. The monoisotopic (exact) mass is 520 g/mol. The summed E-state index contributed by atoms with van der Waals surface area (Å²) in [6.07, 6.45) is -0.553. The first-order valence-corrected chi connectivity index (χ1v) is 11.8. The predicted octanol–water partition coefficient (Wildman–Crippen LogP) is 4.89. The van der Waals surface area contributed by atoms with Gasteiger partial charge in [0.1, 0.15) is 12.2 Å². The summed E-state index contributed by atoms with van der Waals surface area (Å²) in [5, 5.41) is 33.5. The SMILES string of the molecule is C=C(C)C(O)C(O)c1cc2ccc(=O)oc2c(Oc2c(O)c(CC=C(C)C)cc3ccc(=O)oc23)c1OC. The Bertz CT molecular complexity index is 1690. The van der Waals surface area contributed by atoms with Gasteiger partial charge in [0.25, 0.3) is 0 Å². The molecule has 0 saturated carbocycles. The number of allylic oxidation sites excluding steroid dienone is 2. The Balaban J connectivity index is 2.05. The fraction of sp³-hybridized carbons (Fsp3) is 0.241. The zero-order valence-corrected chi connectivity index (χ0v) is 21.4. The van der Waals surface area contributed by atoms with Crippen molar-refractivity contribution in [2.75, 3.05) is 7.11 Å². The fourth-order valence-electron chi connectivity index (χ4n) is 4.04.